The molecule has 7 heteroatoms. The maximum Gasteiger partial charge on any atom is 0.303 e. The highest BCUT2D eigenvalue weighted by molar-refractivity contribution is 5.88. The molecule has 2 heterocycles. The molecule has 148 valence electrons. The lowest BCUT2D eigenvalue weighted by atomic mass is 9.72. The lowest BCUT2D eigenvalue weighted by Crippen LogP contribution is -2.53. The van der Waals surface area contributed by atoms with Crippen LogP contribution in [0.1, 0.15) is 44.1 Å². The Morgan fingerprint density at radius 3 is 2.67 bits per heavy atom. The Kier molecular flexibility index (Phi) is 6.09. The summed E-state index contributed by atoms with van der Waals surface area (Å²) in [4.78, 5) is 26.1. The van der Waals surface area contributed by atoms with Crippen LogP contribution in [-0.4, -0.2) is 48.2 Å². The van der Waals surface area contributed by atoms with Crippen molar-refractivity contribution in [2.75, 3.05) is 26.3 Å². The summed E-state index contributed by atoms with van der Waals surface area (Å²) in [5.74, 6) is -2.24. The molecule has 5 nitrogen and oxygen atoms in total. The van der Waals surface area contributed by atoms with Crippen LogP contribution in [-0.2, 0) is 19.7 Å². The van der Waals surface area contributed by atoms with E-state index in [4.69, 9.17) is 9.84 Å². The molecule has 27 heavy (non-hydrogen) atoms. The van der Waals surface area contributed by atoms with Crippen molar-refractivity contribution in [3.63, 3.8) is 0 Å². The molecule has 3 rings (SSSR count). The number of likely N-dealkylation sites (tertiary alicyclic amines) is 1. The summed E-state index contributed by atoms with van der Waals surface area (Å²) in [5, 5.41) is 8.90. The Labute approximate surface area is 157 Å². The second kappa shape index (κ2) is 8.33. The normalized spacial score (nSPS) is 22.4. The van der Waals surface area contributed by atoms with Gasteiger partial charge in [0.25, 0.3) is 0 Å². The number of aliphatic carboxylic acids is 1. The lowest BCUT2D eigenvalue weighted by molar-refractivity contribution is -0.143. The molecule has 1 unspecified atom stereocenters. The van der Waals surface area contributed by atoms with Gasteiger partial charge in [-0.25, -0.2) is 8.78 Å². The summed E-state index contributed by atoms with van der Waals surface area (Å²) in [6, 6.07) is 3.39. The van der Waals surface area contributed by atoms with E-state index in [2.05, 4.69) is 0 Å². The first-order chi connectivity index (χ1) is 12.9. The van der Waals surface area contributed by atoms with Gasteiger partial charge in [0.2, 0.25) is 5.91 Å². The van der Waals surface area contributed by atoms with Gasteiger partial charge in [0.05, 0.1) is 5.41 Å². The van der Waals surface area contributed by atoms with Crippen LogP contribution in [0, 0.1) is 17.6 Å². The van der Waals surface area contributed by atoms with E-state index < -0.39 is 23.0 Å². The monoisotopic (exact) mass is 381 g/mol. The average Bonchev–Trinajstić information content (AvgIpc) is 2.66. The first-order valence-corrected chi connectivity index (χ1v) is 9.47. The lowest BCUT2D eigenvalue weighted by Gasteiger charge is -2.43. The van der Waals surface area contributed by atoms with Crippen LogP contribution < -0.4 is 0 Å². The summed E-state index contributed by atoms with van der Waals surface area (Å²) in [5.41, 5.74) is -0.824. The van der Waals surface area contributed by atoms with E-state index in [9.17, 15) is 18.4 Å². The van der Waals surface area contributed by atoms with E-state index in [-0.39, 0.29) is 23.8 Å². The minimum absolute atomic E-state index is 0.0816. The Hall–Kier alpha value is -2.02. The number of halogens is 2. The van der Waals surface area contributed by atoms with Gasteiger partial charge in [-0.1, -0.05) is 6.07 Å². The maximum absolute atomic E-state index is 14.6. The maximum atomic E-state index is 14.6. The second-order valence-electron chi connectivity index (χ2n) is 7.51. The average molecular weight is 381 g/mol. The van der Waals surface area contributed by atoms with Crippen molar-refractivity contribution in [1.82, 2.24) is 4.90 Å². The third-order valence-corrected chi connectivity index (χ3v) is 5.78. The molecule has 0 saturated carbocycles. The number of hydrogen-bond donors (Lipinski definition) is 1. The molecule has 0 spiro atoms. The largest absolute Gasteiger partial charge is 0.481 e. The van der Waals surface area contributed by atoms with Crippen LogP contribution in [0.15, 0.2) is 18.2 Å². The van der Waals surface area contributed by atoms with Gasteiger partial charge < -0.3 is 14.7 Å². The van der Waals surface area contributed by atoms with Crippen LogP contribution in [0.5, 0.6) is 0 Å². The zero-order valence-electron chi connectivity index (χ0n) is 15.3. The SMILES string of the molecule is O=C(O)CCC1CCCN(C(=O)C2(c3ccc(F)cc3F)CCOCC2)C1. The van der Waals surface area contributed by atoms with Gasteiger partial charge in [-0.3, -0.25) is 9.59 Å². The predicted octanol–water partition coefficient (Wildman–Crippen LogP) is 3.12. The molecule has 1 aromatic carbocycles. The summed E-state index contributed by atoms with van der Waals surface area (Å²) in [6.07, 6.45) is 3.00. The molecule has 1 amide bonds. The number of nitrogens with zero attached hydrogens (tertiary/aromatic N) is 1. The number of rotatable bonds is 5. The predicted molar refractivity (Wildman–Crippen MR) is 94.3 cm³/mol. The first kappa shape index (κ1) is 19.7. The van der Waals surface area contributed by atoms with Crippen molar-refractivity contribution < 1.29 is 28.2 Å². The highest BCUT2D eigenvalue weighted by atomic mass is 19.1. The van der Waals surface area contributed by atoms with Gasteiger partial charge in [-0.15, -0.1) is 0 Å². The zero-order valence-corrected chi connectivity index (χ0v) is 15.3. The smallest absolute Gasteiger partial charge is 0.303 e. The summed E-state index contributed by atoms with van der Waals surface area (Å²) in [7, 11) is 0. The van der Waals surface area contributed by atoms with Crippen LogP contribution in [0.4, 0.5) is 8.78 Å². The number of carbonyl (C=O) groups excluding carboxylic acids is 1. The topological polar surface area (TPSA) is 66.8 Å². The molecule has 1 N–H and O–H groups in total. The third kappa shape index (κ3) is 4.29. The van der Waals surface area contributed by atoms with E-state index in [1.165, 1.54) is 12.1 Å². The molecule has 1 aromatic rings. The standard InChI is InChI=1S/C20H25F2NO4/c21-15-4-5-16(17(22)12-15)20(7-10-27-11-8-20)19(26)23-9-1-2-14(13-23)3-6-18(24)25/h4-5,12,14H,1-3,6-11,13H2,(H,24,25). The molecule has 0 aliphatic carbocycles. The molecule has 0 bridgehead atoms. The fourth-order valence-electron chi connectivity index (χ4n) is 4.31. The van der Waals surface area contributed by atoms with Crippen molar-refractivity contribution in [3.8, 4) is 0 Å². The van der Waals surface area contributed by atoms with Crippen LogP contribution in [0.2, 0.25) is 0 Å². The molecular weight excluding hydrogens is 356 g/mol. The van der Waals surface area contributed by atoms with Crippen molar-refractivity contribution in [2.24, 2.45) is 5.92 Å². The number of ether oxygens (including phenoxy) is 1. The van der Waals surface area contributed by atoms with E-state index in [0.717, 1.165) is 18.9 Å². The van der Waals surface area contributed by atoms with E-state index in [1.54, 1.807) is 4.90 Å². The van der Waals surface area contributed by atoms with E-state index in [0.29, 0.717) is 45.6 Å². The molecular formula is C20H25F2NO4. The number of carboxylic acids is 1. The Morgan fingerprint density at radius 2 is 2.00 bits per heavy atom. The first-order valence-electron chi connectivity index (χ1n) is 9.47. The van der Waals surface area contributed by atoms with E-state index >= 15 is 0 Å². The molecule has 2 aliphatic heterocycles. The highest BCUT2D eigenvalue weighted by Crippen LogP contribution is 2.39. The molecule has 2 aliphatic rings. The zero-order chi connectivity index (χ0) is 19.4. The van der Waals surface area contributed by atoms with Crippen LogP contribution in [0.3, 0.4) is 0 Å². The number of amides is 1. The van der Waals surface area contributed by atoms with Crippen molar-refractivity contribution in [1.29, 1.82) is 0 Å². The molecule has 0 aromatic heterocycles. The van der Waals surface area contributed by atoms with Gasteiger partial charge in [0.15, 0.2) is 0 Å². The summed E-state index contributed by atoms with van der Waals surface area (Å²) < 4.78 is 33.4. The van der Waals surface area contributed by atoms with Crippen LogP contribution in [0.25, 0.3) is 0 Å². The number of hydrogen-bond acceptors (Lipinski definition) is 3. The fourth-order valence-corrected chi connectivity index (χ4v) is 4.31. The minimum Gasteiger partial charge on any atom is -0.481 e. The van der Waals surface area contributed by atoms with Gasteiger partial charge in [-0.05, 0) is 44.1 Å². The van der Waals surface area contributed by atoms with E-state index in [1.807, 2.05) is 0 Å². The fraction of sp³-hybridized carbons (Fsp3) is 0.600. The second-order valence-corrected chi connectivity index (χ2v) is 7.51. The summed E-state index contributed by atoms with van der Waals surface area (Å²) >= 11 is 0. The van der Waals surface area contributed by atoms with Crippen LogP contribution >= 0.6 is 0 Å². The molecule has 0 radical (unpaired) electrons. The Morgan fingerprint density at radius 1 is 1.26 bits per heavy atom. The number of benzene rings is 1. The molecule has 1 atom stereocenters. The van der Waals surface area contributed by atoms with Gasteiger partial charge in [0, 0.05) is 44.4 Å². The third-order valence-electron chi connectivity index (χ3n) is 5.78. The van der Waals surface area contributed by atoms with Crippen molar-refractivity contribution >= 4 is 11.9 Å². The van der Waals surface area contributed by atoms with Gasteiger partial charge >= 0.3 is 5.97 Å². The molecule has 2 saturated heterocycles. The van der Waals surface area contributed by atoms with Gasteiger partial charge in [0.1, 0.15) is 11.6 Å². The Balaban J connectivity index is 1.84. The highest BCUT2D eigenvalue weighted by Gasteiger charge is 2.46. The minimum atomic E-state index is -1.05. The van der Waals surface area contributed by atoms with Gasteiger partial charge in [-0.2, -0.15) is 0 Å². The molecule has 2 fully saturated rings. The number of carboxylic acid groups (broad SMARTS) is 1. The summed E-state index contributed by atoms with van der Waals surface area (Å²) in [6.45, 7) is 1.75. The quantitative estimate of drug-likeness (QED) is 0.851. The number of piperidine rings is 1. The van der Waals surface area contributed by atoms with Crippen molar-refractivity contribution in [3.05, 3.63) is 35.4 Å². The number of carbonyl (C=O) groups is 2. The van der Waals surface area contributed by atoms with Crippen molar-refractivity contribution in [2.45, 2.75) is 43.9 Å². The Bertz CT molecular complexity index is 703.